The SMILES string of the molecule is CC/C=C\C/C=C\C/C=C\C/C=C\C/C=C\CCCCCCCCCCOCC(COC1OC(CO)C(O)C(OS(=O)(=O)O)C1O)OC(=O)CCCCCCCC/C=C\C/C=C\C/C=C\CCCCC. The molecular formula is C57H96O12S. The molecule has 1 heterocycles. The van der Waals surface area contributed by atoms with Crippen molar-refractivity contribution in [3.63, 3.8) is 0 Å². The molecule has 0 aliphatic carbocycles. The lowest BCUT2D eigenvalue weighted by molar-refractivity contribution is -0.301. The molecule has 1 saturated heterocycles. The Morgan fingerprint density at radius 3 is 1.44 bits per heavy atom. The second-order valence-electron chi connectivity index (χ2n) is 18.1. The first-order valence-electron chi connectivity index (χ1n) is 27.0. The van der Waals surface area contributed by atoms with E-state index >= 15 is 0 Å². The van der Waals surface area contributed by atoms with Gasteiger partial charge in [-0.3, -0.25) is 9.35 Å². The Balaban J connectivity index is 2.36. The van der Waals surface area contributed by atoms with E-state index < -0.39 is 59.8 Å². The number of hydrogen-bond acceptors (Lipinski definition) is 11. The third kappa shape index (κ3) is 39.6. The van der Waals surface area contributed by atoms with Crippen LogP contribution in [-0.2, 0) is 38.3 Å². The van der Waals surface area contributed by atoms with Crippen LogP contribution in [0.2, 0.25) is 0 Å². The maximum absolute atomic E-state index is 12.9. The van der Waals surface area contributed by atoms with Gasteiger partial charge < -0.3 is 34.3 Å². The Labute approximate surface area is 425 Å². The van der Waals surface area contributed by atoms with Crippen molar-refractivity contribution in [2.45, 2.75) is 230 Å². The number of ether oxygens (including phenoxy) is 4. The van der Waals surface area contributed by atoms with Crippen LogP contribution in [0.15, 0.2) is 97.2 Å². The summed E-state index contributed by atoms with van der Waals surface area (Å²) in [6.45, 7) is 3.81. The third-order valence-corrected chi connectivity index (χ3v) is 12.2. The van der Waals surface area contributed by atoms with Gasteiger partial charge in [-0.05, 0) is 96.3 Å². The highest BCUT2D eigenvalue weighted by Crippen LogP contribution is 2.26. The highest BCUT2D eigenvalue weighted by atomic mass is 32.3. The monoisotopic (exact) mass is 1000 g/mol. The van der Waals surface area contributed by atoms with Gasteiger partial charge in [0.25, 0.3) is 0 Å². The molecule has 0 saturated carbocycles. The van der Waals surface area contributed by atoms with Gasteiger partial charge in [-0.15, -0.1) is 0 Å². The number of esters is 1. The van der Waals surface area contributed by atoms with Crippen LogP contribution >= 0.6 is 0 Å². The highest BCUT2D eigenvalue weighted by molar-refractivity contribution is 7.80. The van der Waals surface area contributed by atoms with Crippen molar-refractivity contribution in [2.75, 3.05) is 26.4 Å². The fraction of sp³-hybridized carbons (Fsp3) is 0.702. The number of hydrogen-bond donors (Lipinski definition) is 4. The van der Waals surface area contributed by atoms with E-state index in [4.69, 9.17) is 18.9 Å². The first-order valence-corrected chi connectivity index (χ1v) is 28.4. The number of rotatable bonds is 46. The molecule has 70 heavy (non-hydrogen) atoms. The zero-order chi connectivity index (χ0) is 51.0. The second-order valence-corrected chi connectivity index (χ2v) is 19.1. The molecule has 402 valence electrons. The van der Waals surface area contributed by atoms with Gasteiger partial charge in [0.05, 0.1) is 19.8 Å². The van der Waals surface area contributed by atoms with Crippen LogP contribution in [0.4, 0.5) is 0 Å². The van der Waals surface area contributed by atoms with Gasteiger partial charge in [0, 0.05) is 13.0 Å². The van der Waals surface area contributed by atoms with Crippen LogP contribution < -0.4 is 0 Å². The first kappa shape index (κ1) is 65.0. The van der Waals surface area contributed by atoms with Gasteiger partial charge in [-0.2, -0.15) is 8.42 Å². The van der Waals surface area contributed by atoms with Crippen molar-refractivity contribution in [2.24, 2.45) is 0 Å². The standard InChI is InChI=1S/C57H96O12S/c1-3-5-7-9-11-13-15-17-19-21-23-24-25-26-27-29-31-33-35-37-39-41-43-45-47-65-49-51(50-66-57-55(61)56(69-70(62,63)64)54(60)52(48-58)68-57)67-53(59)46-44-42-40-38-36-34-32-30-28-22-20-18-16-14-12-10-8-6-4-2/h5,7,11-14,17-20,23-24,26-28,30,51-52,54-58,60-61H,3-4,6,8-10,15-16,21-22,25,29,31-50H2,1-2H3,(H,62,63,64)/b7-5-,13-11-,14-12-,19-17-,20-18-,24-23-,27-26-,30-28-. The lowest BCUT2D eigenvalue weighted by Crippen LogP contribution is -2.60. The van der Waals surface area contributed by atoms with E-state index in [0.717, 1.165) is 109 Å². The minimum Gasteiger partial charge on any atom is -0.457 e. The second kappa shape index (κ2) is 47.1. The Hall–Kier alpha value is -2.98. The minimum atomic E-state index is -5.08. The summed E-state index contributed by atoms with van der Waals surface area (Å²) in [6, 6.07) is 0. The Kier molecular flexibility index (Phi) is 43.7. The normalized spacial score (nSPS) is 19.9. The van der Waals surface area contributed by atoms with Crippen molar-refractivity contribution in [1.82, 2.24) is 0 Å². The van der Waals surface area contributed by atoms with Crippen LogP contribution in [0.3, 0.4) is 0 Å². The predicted octanol–water partition coefficient (Wildman–Crippen LogP) is 13.0. The summed E-state index contributed by atoms with van der Waals surface area (Å²) in [5.74, 6) is -0.418. The van der Waals surface area contributed by atoms with Crippen molar-refractivity contribution in [1.29, 1.82) is 0 Å². The summed E-state index contributed by atoms with van der Waals surface area (Å²) in [5, 5.41) is 30.8. The molecule has 6 unspecified atom stereocenters. The van der Waals surface area contributed by atoms with E-state index in [1.807, 2.05) is 0 Å². The number of carbonyl (C=O) groups excluding carboxylic acids is 1. The van der Waals surface area contributed by atoms with E-state index in [2.05, 4.69) is 115 Å². The number of unbranched alkanes of at least 4 members (excludes halogenated alkanes) is 17. The molecule has 0 aromatic rings. The zero-order valence-corrected chi connectivity index (χ0v) is 44.1. The largest absolute Gasteiger partial charge is 0.457 e. The molecule has 1 rings (SSSR count). The van der Waals surface area contributed by atoms with Crippen LogP contribution in [0.25, 0.3) is 0 Å². The van der Waals surface area contributed by atoms with Gasteiger partial charge in [0.2, 0.25) is 0 Å². The van der Waals surface area contributed by atoms with Gasteiger partial charge in [0.15, 0.2) is 6.29 Å². The lowest BCUT2D eigenvalue weighted by atomic mass is 9.99. The smallest absolute Gasteiger partial charge is 0.397 e. The molecule has 1 aliphatic heterocycles. The Bertz CT molecular complexity index is 1580. The Morgan fingerprint density at radius 2 is 0.986 bits per heavy atom. The molecule has 1 fully saturated rings. The van der Waals surface area contributed by atoms with Gasteiger partial charge >= 0.3 is 16.4 Å². The molecule has 0 amide bonds. The quantitative estimate of drug-likeness (QED) is 0.0197. The average molecular weight is 1010 g/mol. The van der Waals surface area contributed by atoms with Crippen LogP contribution in [0, 0.1) is 0 Å². The summed E-state index contributed by atoms with van der Waals surface area (Å²) >= 11 is 0. The summed E-state index contributed by atoms with van der Waals surface area (Å²) in [5.41, 5.74) is 0. The Morgan fingerprint density at radius 1 is 0.557 bits per heavy atom. The molecular weight excluding hydrogens is 909 g/mol. The minimum absolute atomic E-state index is 0.0186. The van der Waals surface area contributed by atoms with Crippen molar-refractivity contribution in [3.05, 3.63) is 97.2 Å². The molecule has 0 aromatic heterocycles. The predicted molar refractivity (Wildman–Crippen MR) is 285 cm³/mol. The molecule has 12 nitrogen and oxygen atoms in total. The number of aliphatic hydroxyl groups is 3. The molecule has 6 atom stereocenters. The molecule has 0 aromatic carbocycles. The molecule has 0 bridgehead atoms. The highest BCUT2D eigenvalue weighted by Gasteiger charge is 2.48. The molecule has 4 N–H and O–H groups in total. The third-order valence-electron chi connectivity index (χ3n) is 11.7. The van der Waals surface area contributed by atoms with E-state index in [9.17, 15) is 33.1 Å². The molecule has 0 radical (unpaired) electrons. The van der Waals surface area contributed by atoms with E-state index in [0.29, 0.717) is 13.0 Å². The van der Waals surface area contributed by atoms with E-state index in [1.165, 1.54) is 57.8 Å². The summed E-state index contributed by atoms with van der Waals surface area (Å²) in [6.07, 6.45) is 55.7. The number of carbonyl (C=O) groups is 1. The maximum Gasteiger partial charge on any atom is 0.397 e. The van der Waals surface area contributed by atoms with Crippen molar-refractivity contribution < 1.29 is 56.2 Å². The fourth-order valence-electron chi connectivity index (χ4n) is 7.65. The molecule has 0 spiro atoms. The van der Waals surface area contributed by atoms with Crippen LogP contribution in [0.5, 0.6) is 0 Å². The lowest BCUT2D eigenvalue weighted by Gasteiger charge is -2.41. The summed E-state index contributed by atoms with van der Waals surface area (Å²) in [7, 11) is -5.08. The first-order chi connectivity index (χ1) is 34.1. The van der Waals surface area contributed by atoms with Gasteiger partial charge in [-0.1, -0.05) is 188 Å². The van der Waals surface area contributed by atoms with Crippen molar-refractivity contribution in [3.8, 4) is 0 Å². The van der Waals surface area contributed by atoms with Crippen LogP contribution in [-0.4, -0.2) is 97.5 Å². The van der Waals surface area contributed by atoms with E-state index in [1.54, 1.807) is 0 Å². The van der Waals surface area contributed by atoms with E-state index in [-0.39, 0.29) is 19.6 Å². The molecule has 1 aliphatic rings. The zero-order valence-electron chi connectivity index (χ0n) is 43.3. The summed E-state index contributed by atoms with van der Waals surface area (Å²) in [4.78, 5) is 12.9. The fourth-order valence-corrected chi connectivity index (χ4v) is 8.16. The topological polar surface area (TPSA) is 178 Å². The van der Waals surface area contributed by atoms with Gasteiger partial charge in [-0.25, -0.2) is 4.18 Å². The molecule has 13 heteroatoms. The van der Waals surface area contributed by atoms with Gasteiger partial charge in [0.1, 0.15) is 30.5 Å². The number of aliphatic hydroxyl groups excluding tert-OH is 3. The maximum atomic E-state index is 12.9. The van der Waals surface area contributed by atoms with Crippen molar-refractivity contribution >= 4 is 16.4 Å². The number of allylic oxidation sites excluding steroid dienone is 16. The summed E-state index contributed by atoms with van der Waals surface area (Å²) < 4.78 is 59.3. The van der Waals surface area contributed by atoms with Crippen LogP contribution in [0.1, 0.15) is 194 Å². The average Bonchev–Trinajstić information content (AvgIpc) is 3.34.